The molecule has 0 saturated heterocycles. The van der Waals surface area contributed by atoms with Crippen molar-refractivity contribution in [1.29, 1.82) is 0 Å². The summed E-state index contributed by atoms with van der Waals surface area (Å²) >= 11 is 3.48. The Morgan fingerprint density at radius 3 is 2.65 bits per heavy atom. The van der Waals surface area contributed by atoms with Crippen LogP contribution in [0.5, 0.6) is 0 Å². The highest BCUT2D eigenvalue weighted by Gasteiger charge is 2.30. The number of carbonyl (C=O) groups is 2. The van der Waals surface area contributed by atoms with Gasteiger partial charge in [-0.25, -0.2) is 0 Å². The van der Waals surface area contributed by atoms with Gasteiger partial charge in [-0.05, 0) is 41.9 Å². The van der Waals surface area contributed by atoms with Crippen LogP contribution in [0.4, 0.5) is 11.4 Å². The summed E-state index contributed by atoms with van der Waals surface area (Å²) in [6.45, 7) is 5.50. The number of anilines is 2. The molecule has 0 bridgehead atoms. The largest absolute Gasteiger partial charge is 0.383 e. The first-order valence-electron chi connectivity index (χ1n) is 6.40. The number of methoxy groups -OCH3 is 1. The van der Waals surface area contributed by atoms with Crippen LogP contribution in [0.3, 0.4) is 0 Å². The number of ether oxygens (including phenoxy) is 1. The number of carbonyl (C=O) groups excluding carboxylic acids is 2. The van der Waals surface area contributed by atoms with Gasteiger partial charge >= 0.3 is 0 Å². The summed E-state index contributed by atoms with van der Waals surface area (Å²) in [6, 6.07) is 3.80. The third-order valence-corrected chi connectivity index (χ3v) is 3.89. The van der Waals surface area contributed by atoms with Gasteiger partial charge in [0.05, 0.1) is 23.5 Å². The van der Waals surface area contributed by atoms with Crippen molar-refractivity contribution in [3.05, 3.63) is 22.2 Å². The number of Topliss-reactive ketones (excluding diaryl/α,β-unsaturated/α-hetero) is 1. The SMILES string of the molecule is COCCN(c1cc2c(cc1Br)C(=O)C(=O)N2)C(C)C. The molecule has 1 aromatic carbocycles. The molecule has 0 radical (unpaired) electrons. The topological polar surface area (TPSA) is 58.6 Å². The van der Waals surface area contributed by atoms with Gasteiger partial charge in [-0.2, -0.15) is 0 Å². The standard InChI is InChI=1S/C14H17BrN2O3/c1-8(2)17(4-5-20-3)12-7-11-9(6-10(12)15)13(18)14(19)16-11/h6-8H,4-5H2,1-3H3,(H,16,18,19). The first-order valence-corrected chi connectivity index (χ1v) is 7.19. The zero-order valence-electron chi connectivity index (χ0n) is 11.7. The van der Waals surface area contributed by atoms with Crippen molar-refractivity contribution in [2.24, 2.45) is 0 Å². The van der Waals surface area contributed by atoms with E-state index in [0.29, 0.717) is 17.9 Å². The summed E-state index contributed by atoms with van der Waals surface area (Å²) < 4.78 is 5.93. The van der Waals surface area contributed by atoms with Crippen LogP contribution in [-0.2, 0) is 9.53 Å². The number of hydrogen-bond acceptors (Lipinski definition) is 4. The molecule has 0 saturated carbocycles. The monoisotopic (exact) mass is 340 g/mol. The molecular weight excluding hydrogens is 324 g/mol. The van der Waals surface area contributed by atoms with Crippen LogP contribution in [-0.4, -0.2) is 38.0 Å². The van der Waals surface area contributed by atoms with E-state index >= 15 is 0 Å². The van der Waals surface area contributed by atoms with Gasteiger partial charge in [-0.1, -0.05) is 0 Å². The molecule has 1 amide bonds. The van der Waals surface area contributed by atoms with Gasteiger partial charge in [-0.15, -0.1) is 0 Å². The average Bonchev–Trinajstić information content (AvgIpc) is 2.66. The molecule has 1 heterocycles. The second kappa shape index (κ2) is 5.93. The Kier molecular flexibility index (Phi) is 4.45. The van der Waals surface area contributed by atoms with Gasteiger partial charge in [-0.3, -0.25) is 9.59 Å². The smallest absolute Gasteiger partial charge is 0.296 e. The maximum atomic E-state index is 11.7. The first kappa shape index (κ1) is 15.0. The zero-order valence-corrected chi connectivity index (χ0v) is 13.3. The number of nitrogens with zero attached hydrogens (tertiary/aromatic N) is 1. The van der Waals surface area contributed by atoms with Crippen molar-refractivity contribution in [1.82, 2.24) is 0 Å². The van der Waals surface area contributed by atoms with E-state index in [1.54, 1.807) is 13.2 Å². The Hall–Kier alpha value is -1.40. The summed E-state index contributed by atoms with van der Waals surface area (Å²) in [4.78, 5) is 25.2. The zero-order chi connectivity index (χ0) is 14.9. The Bertz CT molecular complexity index is 558. The molecule has 1 aliphatic heterocycles. The molecule has 0 aromatic heterocycles. The van der Waals surface area contributed by atoms with E-state index in [1.807, 2.05) is 6.07 Å². The molecule has 0 spiro atoms. The Labute approximate surface area is 126 Å². The predicted octanol–water partition coefficient (Wildman–Crippen LogP) is 2.45. The fourth-order valence-corrected chi connectivity index (χ4v) is 2.79. The molecule has 1 N–H and O–H groups in total. The molecule has 0 fully saturated rings. The second-order valence-electron chi connectivity index (χ2n) is 4.91. The lowest BCUT2D eigenvalue weighted by Crippen LogP contribution is -2.34. The summed E-state index contributed by atoms with van der Waals surface area (Å²) in [6.07, 6.45) is 0. The fraction of sp³-hybridized carbons (Fsp3) is 0.429. The van der Waals surface area contributed by atoms with Gasteiger partial charge < -0.3 is 15.0 Å². The van der Waals surface area contributed by atoms with Gasteiger partial charge in [0.15, 0.2) is 0 Å². The van der Waals surface area contributed by atoms with E-state index in [1.165, 1.54) is 0 Å². The summed E-state index contributed by atoms with van der Waals surface area (Å²) in [5.74, 6) is -1.06. The maximum absolute atomic E-state index is 11.7. The molecule has 0 atom stereocenters. The lowest BCUT2D eigenvalue weighted by Gasteiger charge is -2.30. The molecule has 5 nitrogen and oxygen atoms in total. The molecule has 0 unspecified atom stereocenters. The predicted molar refractivity (Wildman–Crippen MR) is 81.5 cm³/mol. The van der Waals surface area contributed by atoms with E-state index in [4.69, 9.17) is 4.74 Å². The number of rotatable bonds is 5. The van der Waals surface area contributed by atoms with Gasteiger partial charge in [0, 0.05) is 24.2 Å². The number of hydrogen-bond donors (Lipinski definition) is 1. The first-order chi connectivity index (χ1) is 9.45. The number of benzene rings is 1. The van der Waals surface area contributed by atoms with Crippen molar-refractivity contribution in [3.8, 4) is 0 Å². The van der Waals surface area contributed by atoms with E-state index in [2.05, 4.69) is 40.0 Å². The number of nitrogens with one attached hydrogen (secondary N) is 1. The van der Waals surface area contributed by atoms with Crippen LogP contribution in [0.2, 0.25) is 0 Å². The van der Waals surface area contributed by atoms with Crippen molar-refractivity contribution in [3.63, 3.8) is 0 Å². The van der Waals surface area contributed by atoms with Gasteiger partial charge in [0.1, 0.15) is 0 Å². The third kappa shape index (κ3) is 2.71. The average molecular weight is 341 g/mol. The summed E-state index contributed by atoms with van der Waals surface area (Å²) in [5, 5.41) is 2.60. The van der Waals surface area contributed by atoms with Crippen LogP contribution in [0, 0.1) is 0 Å². The van der Waals surface area contributed by atoms with Crippen molar-refractivity contribution in [2.45, 2.75) is 19.9 Å². The fourth-order valence-electron chi connectivity index (χ4n) is 2.22. The minimum atomic E-state index is -0.572. The lowest BCUT2D eigenvalue weighted by molar-refractivity contribution is -0.112. The van der Waals surface area contributed by atoms with Crippen molar-refractivity contribution < 1.29 is 14.3 Å². The van der Waals surface area contributed by atoms with E-state index in [-0.39, 0.29) is 6.04 Å². The lowest BCUT2D eigenvalue weighted by atomic mass is 10.1. The number of ketones is 1. The summed E-state index contributed by atoms with van der Waals surface area (Å²) in [5.41, 5.74) is 1.92. The van der Waals surface area contributed by atoms with Gasteiger partial charge in [0.25, 0.3) is 11.7 Å². The molecule has 1 aromatic rings. The van der Waals surface area contributed by atoms with Crippen LogP contribution >= 0.6 is 15.9 Å². The molecular formula is C14H17BrN2O3. The number of halogens is 1. The van der Waals surface area contributed by atoms with Crippen LogP contribution in [0.1, 0.15) is 24.2 Å². The highest BCUT2D eigenvalue weighted by atomic mass is 79.9. The minimum Gasteiger partial charge on any atom is -0.383 e. The van der Waals surface area contributed by atoms with Crippen molar-refractivity contribution >= 4 is 39.0 Å². The van der Waals surface area contributed by atoms with Crippen LogP contribution in [0.15, 0.2) is 16.6 Å². The summed E-state index contributed by atoms with van der Waals surface area (Å²) in [7, 11) is 1.66. The Morgan fingerprint density at radius 2 is 2.05 bits per heavy atom. The second-order valence-corrected chi connectivity index (χ2v) is 5.77. The van der Waals surface area contributed by atoms with E-state index in [9.17, 15) is 9.59 Å². The molecule has 20 heavy (non-hydrogen) atoms. The van der Waals surface area contributed by atoms with Crippen LogP contribution < -0.4 is 10.2 Å². The molecule has 6 heteroatoms. The highest BCUT2D eigenvalue weighted by Crippen LogP contribution is 2.36. The molecule has 2 rings (SSSR count). The highest BCUT2D eigenvalue weighted by molar-refractivity contribution is 9.10. The molecule has 108 valence electrons. The quantitative estimate of drug-likeness (QED) is 0.836. The van der Waals surface area contributed by atoms with Crippen LogP contribution in [0.25, 0.3) is 0 Å². The minimum absolute atomic E-state index is 0.271. The third-order valence-electron chi connectivity index (χ3n) is 3.26. The number of fused-ring (bicyclic) bond motifs is 1. The molecule has 0 aliphatic carbocycles. The van der Waals surface area contributed by atoms with Crippen molar-refractivity contribution in [2.75, 3.05) is 30.5 Å². The van der Waals surface area contributed by atoms with Gasteiger partial charge in [0.2, 0.25) is 0 Å². The normalized spacial score (nSPS) is 13.7. The maximum Gasteiger partial charge on any atom is 0.296 e. The van der Waals surface area contributed by atoms with E-state index < -0.39 is 11.7 Å². The molecule has 1 aliphatic rings. The Balaban J connectivity index is 2.40. The van der Waals surface area contributed by atoms with E-state index in [0.717, 1.165) is 16.7 Å². The Morgan fingerprint density at radius 1 is 1.35 bits per heavy atom. The number of amides is 1.